The van der Waals surface area contributed by atoms with Gasteiger partial charge in [0.2, 0.25) is 0 Å². The van der Waals surface area contributed by atoms with Crippen LogP contribution in [0.2, 0.25) is 0 Å². The topological polar surface area (TPSA) is 73.1 Å². The van der Waals surface area contributed by atoms with Gasteiger partial charge in [0.15, 0.2) is 5.82 Å². The van der Waals surface area contributed by atoms with Crippen LogP contribution in [0, 0.1) is 11.3 Å². The van der Waals surface area contributed by atoms with Gasteiger partial charge in [0.25, 0.3) is 6.43 Å². The first kappa shape index (κ1) is 18.2. The molecule has 0 bridgehead atoms. The van der Waals surface area contributed by atoms with Crippen molar-refractivity contribution < 1.29 is 13.6 Å². The molecule has 27 heavy (non-hydrogen) atoms. The number of alkyl halides is 2. The molecule has 2 aromatic rings. The lowest BCUT2D eigenvalue weighted by molar-refractivity contribution is 0.0469. The number of benzene rings is 1. The number of rotatable bonds is 3. The molecule has 2 amide bonds. The predicted molar refractivity (Wildman–Crippen MR) is 99.9 cm³/mol. The summed E-state index contributed by atoms with van der Waals surface area (Å²) < 4.78 is 25.5. The van der Waals surface area contributed by atoms with Crippen LogP contribution in [0.5, 0.6) is 0 Å². The Morgan fingerprint density at radius 3 is 2.67 bits per heavy atom. The summed E-state index contributed by atoms with van der Waals surface area (Å²) in [5.41, 5.74) is 1.85. The fraction of sp³-hybridized carbons (Fsp3) is 0.579. The van der Waals surface area contributed by atoms with Crippen LogP contribution in [0.4, 0.5) is 19.3 Å². The SMILES string of the molecule is CC1(C)CNC1C1CCN(C(=O)Nc2ccc3nc(C(F)F)[nH]c3c2)CC1. The van der Waals surface area contributed by atoms with Gasteiger partial charge in [-0.2, -0.15) is 0 Å². The Morgan fingerprint density at radius 1 is 1.33 bits per heavy atom. The number of urea groups is 1. The number of H-pyrrole nitrogens is 1. The number of piperidine rings is 1. The monoisotopic (exact) mass is 377 g/mol. The first-order chi connectivity index (χ1) is 12.8. The molecule has 1 aromatic carbocycles. The van der Waals surface area contributed by atoms with E-state index in [1.807, 2.05) is 4.90 Å². The van der Waals surface area contributed by atoms with Crippen molar-refractivity contribution in [2.45, 2.75) is 39.2 Å². The van der Waals surface area contributed by atoms with Gasteiger partial charge >= 0.3 is 6.03 Å². The van der Waals surface area contributed by atoms with Crippen LogP contribution in [0.3, 0.4) is 0 Å². The minimum Gasteiger partial charge on any atom is -0.337 e. The Labute approximate surface area is 156 Å². The largest absolute Gasteiger partial charge is 0.337 e. The van der Waals surface area contributed by atoms with E-state index in [0.29, 0.717) is 34.1 Å². The van der Waals surface area contributed by atoms with Gasteiger partial charge in [0, 0.05) is 31.4 Å². The predicted octanol–water partition coefficient (Wildman–Crippen LogP) is 3.74. The number of anilines is 1. The van der Waals surface area contributed by atoms with Crippen LogP contribution in [0.1, 0.15) is 38.9 Å². The zero-order valence-corrected chi connectivity index (χ0v) is 15.6. The van der Waals surface area contributed by atoms with Gasteiger partial charge in [-0.25, -0.2) is 18.6 Å². The number of hydrogen-bond acceptors (Lipinski definition) is 3. The summed E-state index contributed by atoms with van der Waals surface area (Å²) in [6, 6.07) is 5.34. The number of nitrogens with one attached hydrogen (secondary N) is 3. The van der Waals surface area contributed by atoms with Gasteiger partial charge in [0.05, 0.1) is 11.0 Å². The van der Waals surface area contributed by atoms with E-state index in [9.17, 15) is 13.6 Å². The molecule has 2 aliphatic heterocycles. The number of aromatic amines is 1. The van der Waals surface area contributed by atoms with E-state index in [1.165, 1.54) is 0 Å². The third-order valence-electron chi connectivity index (χ3n) is 5.88. The Morgan fingerprint density at radius 2 is 2.07 bits per heavy atom. The van der Waals surface area contributed by atoms with Gasteiger partial charge in [0.1, 0.15) is 0 Å². The second kappa shape index (κ2) is 6.74. The van der Waals surface area contributed by atoms with Crippen LogP contribution in [0.15, 0.2) is 18.2 Å². The van der Waals surface area contributed by atoms with E-state index in [1.54, 1.807) is 18.2 Å². The van der Waals surface area contributed by atoms with Crippen molar-refractivity contribution in [1.29, 1.82) is 0 Å². The first-order valence-electron chi connectivity index (χ1n) is 9.40. The number of halogens is 2. The summed E-state index contributed by atoms with van der Waals surface area (Å²) in [5, 5.41) is 6.40. The van der Waals surface area contributed by atoms with Gasteiger partial charge in [-0.3, -0.25) is 0 Å². The smallest absolute Gasteiger partial charge is 0.321 e. The lowest BCUT2D eigenvalue weighted by Crippen LogP contribution is -2.64. The molecule has 2 aliphatic rings. The summed E-state index contributed by atoms with van der Waals surface area (Å²) in [5.74, 6) is 0.245. The lowest BCUT2D eigenvalue weighted by atomic mass is 9.68. The Hall–Kier alpha value is -2.22. The van der Waals surface area contributed by atoms with Crippen molar-refractivity contribution in [3.05, 3.63) is 24.0 Å². The summed E-state index contributed by atoms with van der Waals surface area (Å²) >= 11 is 0. The van der Waals surface area contributed by atoms with Gasteiger partial charge in [-0.15, -0.1) is 0 Å². The molecule has 146 valence electrons. The number of carbonyl (C=O) groups is 1. The van der Waals surface area contributed by atoms with Crippen LogP contribution in [0.25, 0.3) is 11.0 Å². The maximum atomic E-state index is 12.8. The molecule has 0 spiro atoms. The average Bonchev–Trinajstić information content (AvgIpc) is 3.05. The number of carbonyl (C=O) groups excluding carboxylic acids is 1. The van der Waals surface area contributed by atoms with Crippen molar-refractivity contribution in [3.8, 4) is 0 Å². The number of amides is 2. The molecule has 2 saturated heterocycles. The summed E-state index contributed by atoms with van der Waals surface area (Å²) in [6.07, 6.45) is -0.663. The van der Waals surface area contributed by atoms with Crippen LogP contribution in [-0.4, -0.2) is 46.6 Å². The van der Waals surface area contributed by atoms with Gasteiger partial charge in [-0.05, 0) is 42.4 Å². The van der Waals surface area contributed by atoms with Crippen molar-refractivity contribution >= 4 is 22.8 Å². The molecule has 4 rings (SSSR count). The average molecular weight is 377 g/mol. The second-order valence-electron chi connectivity index (χ2n) is 8.26. The molecule has 1 unspecified atom stereocenters. The summed E-state index contributed by atoms with van der Waals surface area (Å²) in [4.78, 5) is 20.8. The third-order valence-corrected chi connectivity index (χ3v) is 5.88. The van der Waals surface area contributed by atoms with E-state index < -0.39 is 6.43 Å². The molecule has 1 atom stereocenters. The minimum atomic E-state index is -2.65. The standard InChI is InChI=1S/C19H25F2N5O/c1-19(2)10-22-15(19)11-5-7-26(8-6-11)18(27)23-12-3-4-13-14(9-12)25-17(24-13)16(20)21/h3-4,9,11,15-16,22H,5-8,10H2,1-2H3,(H,23,27)(H,24,25). The van der Waals surface area contributed by atoms with E-state index in [4.69, 9.17) is 0 Å². The Balaban J connectivity index is 1.36. The van der Waals surface area contributed by atoms with Crippen molar-refractivity contribution in [1.82, 2.24) is 20.2 Å². The molecular weight excluding hydrogens is 352 g/mol. The highest BCUT2D eigenvalue weighted by atomic mass is 19.3. The molecule has 1 aromatic heterocycles. The molecule has 6 nitrogen and oxygen atoms in total. The summed E-state index contributed by atoms with van der Waals surface area (Å²) in [7, 11) is 0. The lowest BCUT2D eigenvalue weighted by Gasteiger charge is -2.51. The Bertz CT molecular complexity index is 842. The fourth-order valence-corrected chi connectivity index (χ4v) is 4.28. The highest BCUT2D eigenvalue weighted by Gasteiger charge is 2.43. The van der Waals surface area contributed by atoms with E-state index in [0.717, 1.165) is 32.5 Å². The van der Waals surface area contributed by atoms with Crippen LogP contribution >= 0.6 is 0 Å². The van der Waals surface area contributed by atoms with Crippen LogP contribution < -0.4 is 10.6 Å². The number of aromatic nitrogens is 2. The quantitative estimate of drug-likeness (QED) is 0.763. The molecule has 8 heteroatoms. The van der Waals surface area contributed by atoms with E-state index in [2.05, 4.69) is 34.4 Å². The van der Waals surface area contributed by atoms with E-state index >= 15 is 0 Å². The zero-order chi connectivity index (χ0) is 19.2. The van der Waals surface area contributed by atoms with Crippen molar-refractivity contribution in [2.75, 3.05) is 25.0 Å². The minimum absolute atomic E-state index is 0.151. The van der Waals surface area contributed by atoms with Crippen molar-refractivity contribution in [3.63, 3.8) is 0 Å². The second-order valence-corrected chi connectivity index (χ2v) is 8.26. The Kier molecular flexibility index (Phi) is 4.53. The highest BCUT2D eigenvalue weighted by Crippen LogP contribution is 2.37. The maximum absolute atomic E-state index is 12.8. The van der Waals surface area contributed by atoms with Crippen molar-refractivity contribution in [2.24, 2.45) is 11.3 Å². The molecule has 3 N–H and O–H groups in total. The summed E-state index contributed by atoms with van der Waals surface area (Å²) in [6.45, 7) is 7.09. The van der Waals surface area contributed by atoms with Crippen LogP contribution in [-0.2, 0) is 0 Å². The molecule has 0 radical (unpaired) electrons. The number of likely N-dealkylation sites (tertiary alicyclic amines) is 1. The molecule has 0 aliphatic carbocycles. The fourth-order valence-electron chi connectivity index (χ4n) is 4.28. The first-order valence-corrected chi connectivity index (χ1v) is 9.40. The maximum Gasteiger partial charge on any atom is 0.321 e. The van der Waals surface area contributed by atoms with Gasteiger partial charge in [-0.1, -0.05) is 13.8 Å². The molecular formula is C19H25F2N5O. The zero-order valence-electron chi connectivity index (χ0n) is 15.6. The number of hydrogen-bond donors (Lipinski definition) is 3. The molecule has 3 heterocycles. The van der Waals surface area contributed by atoms with Gasteiger partial charge < -0.3 is 20.5 Å². The normalized spacial score (nSPS) is 22.9. The third kappa shape index (κ3) is 3.50. The van der Waals surface area contributed by atoms with E-state index in [-0.39, 0.29) is 11.9 Å². The molecule has 2 fully saturated rings. The number of imidazole rings is 1. The highest BCUT2D eigenvalue weighted by molar-refractivity contribution is 5.92. The molecule has 0 saturated carbocycles. The number of fused-ring (bicyclic) bond motifs is 1. The number of nitrogens with zero attached hydrogens (tertiary/aromatic N) is 2.